The number of halogens is 4. The summed E-state index contributed by atoms with van der Waals surface area (Å²) < 4.78 is 34.7. The van der Waals surface area contributed by atoms with E-state index in [0.29, 0.717) is 27.1 Å². The van der Waals surface area contributed by atoms with Crippen molar-refractivity contribution in [3.05, 3.63) is 69.5 Å². The second-order valence-electron chi connectivity index (χ2n) is 8.32. The highest BCUT2D eigenvalue weighted by molar-refractivity contribution is 9.10. The van der Waals surface area contributed by atoms with Crippen LogP contribution in [0.25, 0.3) is 16.6 Å². The van der Waals surface area contributed by atoms with Crippen molar-refractivity contribution in [1.82, 2.24) is 14.3 Å². The van der Waals surface area contributed by atoms with E-state index in [0.717, 1.165) is 18.2 Å². The van der Waals surface area contributed by atoms with Gasteiger partial charge in [-0.05, 0) is 54.4 Å². The van der Waals surface area contributed by atoms with Crippen molar-refractivity contribution in [2.24, 2.45) is 0 Å². The largest absolute Gasteiger partial charge is 0.481 e. The fourth-order valence-corrected chi connectivity index (χ4v) is 5.72. The molecule has 0 radical (unpaired) electrons. The predicted molar refractivity (Wildman–Crippen MR) is 133 cm³/mol. The van der Waals surface area contributed by atoms with Crippen LogP contribution in [-0.2, 0) is 16.8 Å². The monoisotopic (exact) mass is 567 g/mol. The van der Waals surface area contributed by atoms with Gasteiger partial charge in [0.2, 0.25) is 0 Å². The number of fused-ring (bicyclic) bond motifs is 1. The highest BCUT2D eigenvalue weighted by atomic mass is 79.9. The molecule has 0 saturated carbocycles. The summed E-state index contributed by atoms with van der Waals surface area (Å²) in [6.07, 6.45) is 4.32. The summed E-state index contributed by atoms with van der Waals surface area (Å²) in [5.74, 6) is -2.36. The Morgan fingerprint density at radius 1 is 1.24 bits per heavy atom. The van der Waals surface area contributed by atoms with E-state index in [1.807, 2.05) is 6.92 Å². The Bertz CT molecular complexity index is 1420. The van der Waals surface area contributed by atoms with Gasteiger partial charge in [0.1, 0.15) is 10.4 Å². The van der Waals surface area contributed by atoms with Crippen molar-refractivity contribution in [2.75, 3.05) is 0 Å². The Kier molecular flexibility index (Phi) is 6.81. The zero-order valence-electron chi connectivity index (χ0n) is 18.6. The van der Waals surface area contributed by atoms with Gasteiger partial charge in [-0.1, -0.05) is 42.4 Å². The van der Waals surface area contributed by atoms with Crippen LogP contribution >= 0.6 is 39.3 Å². The van der Waals surface area contributed by atoms with Crippen molar-refractivity contribution in [3.8, 4) is 5.69 Å². The van der Waals surface area contributed by atoms with E-state index in [-0.39, 0.29) is 21.0 Å². The van der Waals surface area contributed by atoms with Gasteiger partial charge in [-0.2, -0.15) is 5.10 Å². The molecule has 0 unspecified atom stereocenters. The third-order valence-electron chi connectivity index (χ3n) is 5.63. The first-order valence-corrected chi connectivity index (χ1v) is 12.5. The second-order valence-corrected chi connectivity index (χ2v) is 10.5. The molecule has 0 aliphatic rings. The summed E-state index contributed by atoms with van der Waals surface area (Å²) in [4.78, 5) is 12.5. The first-order valence-electron chi connectivity index (χ1n) is 10.5. The maximum atomic E-state index is 15.5. The van der Waals surface area contributed by atoms with E-state index in [1.54, 1.807) is 39.8 Å². The lowest BCUT2D eigenvalue weighted by Crippen LogP contribution is -2.29. The van der Waals surface area contributed by atoms with E-state index < -0.39 is 23.0 Å². The van der Waals surface area contributed by atoms with Gasteiger partial charge in [-0.25, -0.2) is 8.78 Å². The number of carboxylic acids is 1. The van der Waals surface area contributed by atoms with Crippen LogP contribution in [0.1, 0.15) is 32.8 Å². The number of carboxylic acid groups (broad SMARTS) is 1. The Hall–Kier alpha value is -2.36. The molecule has 2 heterocycles. The van der Waals surface area contributed by atoms with Gasteiger partial charge in [-0.15, -0.1) is 0 Å². The molecule has 0 saturated heterocycles. The van der Waals surface area contributed by atoms with Crippen molar-refractivity contribution in [2.45, 2.75) is 48.9 Å². The minimum absolute atomic E-state index is 0.0346. The third kappa shape index (κ3) is 4.14. The zero-order valence-corrected chi connectivity index (χ0v) is 21.7. The molecule has 0 spiro atoms. The van der Waals surface area contributed by atoms with Gasteiger partial charge in [0.25, 0.3) is 0 Å². The number of hydrogen-bond acceptors (Lipinski definition) is 3. The molecule has 2 aromatic heterocycles. The molecule has 10 heteroatoms. The number of carbonyl (C=O) groups is 1. The van der Waals surface area contributed by atoms with Gasteiger partial charge in [-0.3, -0.25) is 14.0 Å². The van der Waals surface area contributed by atoms with Crippen molar-refractivity contribution >= 4 is 56.2 Å². The van der Waals surface area contributed by atoms with Crippen molar-refractivity contribution < 1.29 is 18.7 Å². The lowest BCUT2D eigenvalue weighted by atomic mass is 9.84. The van der Waals surface area contributed by atoms with Crippen LogP contribution in [-0.4, -0.2) is 25.4 Å². The summed E-state index contributed by atoms with van der Waals surface area (Å²) in [7, 11) is 0. The molecule has 1 N–H and O–H groups in total. The topological polar surface area (TPSA) is 60.0 Å². The van der Waals surface area contributed by atoms with E-state index in [1.165, 1.54) is 26.0 Å². The zero-order chi connectivity index (χ0) is 24.8. The van der Waals surface area contributed by atoms with E-state index >= 15 is 8.78 Å². The minimum atomic E-state index is -1.42. The smallest absolute Gasteiger partial charge is 0.313 e. The molecule has 5 nitrogen and oxygen atoms in total. The molecule has 34 heavy (non-hydrogen) atoms. The highest BCUT2D eigenvalue weighted by Crippen LogP contribution is 2.46. The molecule has 0 bridgehead atoms. The van der Waals surface area contributed by atoms with Crippen LogP contribution < -0.4 is 0 Å². The standard InChI is InChI=1S/C24H21BrClF2N3O2S/c1-4-10-30-12-13(11-29-30)31-20-14(8-9-16(26)19(20)28)21(22(31)25)34-17-7-5-6-15(18(17)27)24(2,3)23(32)33/h5-9,11-12H,4,10H2,1-3H3,(H,32,33). The quantitative estimate of drug-likeness (QED) is 0.252. The van der Waals surface area contributed by atoms with Crippen molar-refractivity contribution in [1.29, 1.82) is 0 Å². The summed E-state index contributed by atoms with van der Waals surface area (Å²) in [6.45, 7) is 5.65. The van der Waals surface area contributed by atoms with E-state index in [9.17, 15) is 9.90 Å². The number of aromatic nitrogens is 3. The number of aliphatic carboxylic acids is 1. The molecule has 0 fully saturated rings. The number of nitrogens with zero attached hydrogens (tertiary/aromatic N) is 3. The Morgan fingerprint density at radius 3 is 2.65 bits per heavy atom. The first kappa shape index (κ1) is 24.8. The molecule has 4 rings (SSSR count). The number of aryl methyl sites for hydroxylation is 1. The Balaban J connectivity index is 1.91. The molecule has 2 aromatic carbocycles. The van der Waals surface area contributed by atoms with Crippen LogP contribution in [0.15, 0.2) is 57.1 Å². The summed E-state index contributed by atoms with van der Waals surface area (Å²) >= 11 is 10.8. The van der Waals surface area contributed by atoms with Crippen LogP contribution in [0.4, 0.5) is 8.78 Å². The van der Waals surface area contributed by atoms with Crippen LogP contribution in [0.5, 0.6) is 0 Å². The average Bonchev–Trinajstić information content (AvgIpc) is 3.35. The molecule has 0 amide bonds. The third-order valence-corrected chi connectivity index (χ3v) is 8.09. The Morgan fingerprint density at radius 2 is 1.97 bits per heavy atom. The molecular weight excluding hydrogens is 548 g/mol. The van der Waals surface area contributed by atoms with Gasteiger partial charge >= 0.3 is 5.97 Å². The summed E-state index contributed by atoms with van der Waals surface area (Å²) in [5.41, 5.74) is -0.487. The van der Waals surface area contributed by atoms with Crippen molar-refractivity contribution in [3.63, 3.8) is 0 Å². The fourth-order valence-electron chi connectivity index (χ4n) is 3.71. The number of hydrogen-bond donors (Lipinski definition) is 1. The molecule has 4 aromatic rings. The van der Waals surface area contributed by atoms with E-state index in [2.05, 4.69) is 21.0 Å². The van der Waals surface area contributed by atoms with Gasteiger partial charge in [0, 0.05) is 28.6 Å². The fraction of sp³-hybridized carbons (Fsp3) is 0.250. The molecule has 0 atom stereocenters. The normalized spacial score (nSPS) is 12.0. The lowest BCUT2D eigenvalue weighted by Gasteiger charge is -2.21. The first-order chi connectivity index (χ1) is 16.1. The van der Waals surface area contributed by atoms with Crippen LogP contribution in [0.2, 0.25) is 5.02 Å². The molecule has 178 valence electrons. The number of rotatable bonds is 7. The van der Waals surface area contributed by atoms with Crippen LogP contribution in [0.3, 0.4) is 0 Å². The maximum absolute atomic E-state index is 15.5. The molecule has 0 aliphatic carbocycles. The van der Waals surface area contributed by atoms with Gasteiger partial charge < -0.3 is 5.11 Å². The highest BCUT2D eigenvalue weighted by Gasteiger charge is 2.33. The predicted octanol–water partition coefficient (Wildman–Crippen LogP) is 7.44. The number of benzene rings is 2. The minimum Gasteiger partial charge on any atom is -0.481 e. The summed E-state index contributed by atoms with van der Waals surface area (Å²) in [6, 6.07) is 7.80. The average molecular weight is 569 g/mol. The maximum Gasteiger partial charge on any atom is 0.313 e. The Labute approximate surface area is 212 Å². The van der Waals surface area contributed by atoms with Crippen LogP contribution in [0, 0.1) is 11.6 Å². The van der Waals surface area contributed by atoms with E-state index in [4.69, 9.17) is 11.6 Å². The lowest BCUT2D eigenvalue weighted by molar-refractivity contribution is -0.142. The SMILES string of the molecule is CCCn1cc(-n2c(Br)c(Sc3cccc(C(C)(C)C(=O)O)c3F)c3ccc(Cl)c(F)c32)cn1. The van der Waals surface area contributed by atoms with Gasteiger partial charge in [0.05, 0.1) is 32.7 Å². The molecular formula is C24H21BrClF2N3O2S. The summed E-state index contributed by atoms with van der Waals surface area (Å²) in [5, 5.41) is 14.4. The van der Waals surface area contributed by atoms with Gasteiger partial charge in [0.15, 0.2) is 5.82 Å². The molecule has 0 aliphatic heterocycles. The second kappa shape index (κ2) is 9.36.